The maximum absolute atomic E-state index is 13.0. The van der Waals surface area contributed by atoms with Crippen molar-refractivity contribution in [3.63, 3.8) is 0 Å². The van der Waals surface area contributed by atoms with Gasteiger partial charge in [-0.25, -0.2) is 4.79 Å². The second kappa shape index (κ2) is 10.6. The van der Waals surface area contributed by atoms with E-state index in [1.807, 2.05) is 12.1 Å². The minimum absolute atomic E-state index is 0.0118. The molecule has 0 saturated carbocycles. The fourth-order valence-electron chi connectivity index (χ4n) is 3.92. The van der Waals surface area contributed by atoms with Crippen LogP contribution >= 0.6 is 11.8 Å². The minimum atomic E-state index is -4.91. The fraction of sp³-hybridized carbons (Fsp3) is 0.231. The summed E-state index contributed by atoms with van der Waals surface area (Å²) in [6.07, 6.45) is -9.82. The number of aryl methyl sites for hydroxylation is 1. The molecule has 5 nitrogen and oxygen atoms in total. The zero-order valence-corrected chi connectivity index (χ0v) is 20.7. The molecule has 38 heavy (non-hydrogen) atoms. The number of amides is 3. The Hall–Kier alpha value is -3.67. The summed E-state index contributed by atoms with van der Waals surface area (Å²) >= 11 is 1.43. The van der Waals surface area contributed by atoms with Gasteiger partial charge >= 0.3 is 18.4 Å². The number of rotatable bonds is 5. The molecule has 0 atom stereocenters. The van der Waals surface area contributed by atoms with E-state index >= 15 is 0 Å². The van der Waals surface area contributed by atoms with Gasteiger partial charge in [0.15, 0.2) is 0 Å². The summed E-state index contributed by atoms with van der Waals surface area (Å²) in [4.78, 5) is 28.3. The summed E-state index contributed by atoms with van der Waals surface area (Å²) in [6, 6.07) is 13.1. The zero-order chi connectivity index (χ0) is 27.7. The van der Waals surface area contributed by atoms with Gasteiger partial charge in [-0.15, -0.1) is 0 Å². The molecule has 3 aromatic rings. The third kappa shape index (κ3) is 6.24. The molecule has 200 valence electrons. The van der Waals surface area contributed by atoms with Gasteiger partial charge in [0, 0.05) is 29.1 Å². The molecule has 4 rings (SSSR count). The Kier molecular flexibility index (Phi) is 7.63. The first kappa shape index (κ1) is 27.4. The van der Waals surface area contributed by atoms with Gasteiger partial charge in [-0.3, -0.25) is 4.79 Å². The number of hydrogen-bond donors (Lipinski definition) is 2. The summed E-state index contributed by atoms with van der Waals surface area (Å²) in [6.45, 7) is 0.0118. The summed E-state index contributed by atoms with van der Waals surface area (Å²) in [5, 5.41) is 5.17. The maximum atomic E-state index is 13.0. The molecule has 1 aliphatic heterocycles. The zero-order valence-electron chi connectivity index (χ0n) is 19.8. The Balaban J connectivity index is 1.37. The van der Waals surface area contributed by atoms with Crippen LogP contribution in [0.15, 0.2) is 70.5 Å². The fourth-order valence-corrected chi connectivity index (χ4v) is 5.00. The largest absolute Gasteiger partial charge is 0.416 e. The molecule has 12 heteroatoms. The molecular formula is C26H21F6N3O2S. The van der Waals surface area contributed by atoms with E-state index in [0.29, 0.717) is 29.1 Å². The molecule has 0 unspecified atom stereocenters. The normalized spacial score (nSPS) is 13.4. The molecule has 0 aromatic heterocycles. The van der Waals surface area contributed by atoms with Gasteiger partial charge in [0.25, 0.3) is 5.91 Å². The first-order chi connectivity index (χ1) is 17.8. The molecule has 2 N–H and O–H groups in total. The van der Waals surface area contributed by atoms with E-state index in [9.17, 15) is 35.9 Å². The Labute approximate surface area is 218 Å². The standard InChI is InChI=1S/C26H21F6N3O2S/c1-35-20-14-18(8-9-22(20)38-21-7-3-2-6-19(21)23(35)36)34-24(37)33-10-4-5-15-11-16(25(27,28)29)13-17(12-15)26(30,31)32/h2-3,6-9,11-14H,4-5,10H2,1H3,(H2,33,34,37). The molecule has 0 radical (unpaired) electrons. The van der Waals surface area contributed by atoms with Crippen molar-refractivity contribution in [3.05, 3.63) is 82.9 Å². The Morgan fingerprint density at radius 1 is 0.895 bits per heavy atom. The smallest absolute Gasteiger partial charge is 0.338 e. The van der Waals surface area contributed by atoms with Gasteiger partial charge in [0.1, 0.15) is 0 Å². The number of fused-ring (bicyclic) bond motifs is 2. The molecule has 1 heterocycles. The lowest BCUT2D eigenvalue weighted by Crippen LogP contribution is -2.30. The summed E-state index contributed by atoms with van der Waals surface area (Å²) in [7, 11) is 1.63. The van der Waals surface area contributed by atoms with E-state index in [2.05, 4.69) is 10.6 Å². The lowest BCUT2D eigenvalue weighted by atomic mass is 10.0. The van der Waals surface area contributed by atoms with Gasteiger partial charge < -0.3 is 15.5 Å². The predicted molar refractivity (Wildman–Crippen MR) is 132 cm³/mol. The van der Waals surface area contributed by atoms with Crippen molar-refractivity contribution < 1.29 is 35.9 Å². The predicted octanol–water partition coefficient (Wildman–Crippen LogP) is 7.22. The van der Waals surface area contributed by atoms with E-state index < -0.39 is 29.5 Å². The van der Waals surface area contributed by atoms with Crippen LogP contribution in [0.1, 0.15) is 33.5 Å². The van der Waals surface area contributed by atoms with E-state index in [-0.39, 0.29) is 36.9 Å². The van der Waals surface area contributed by atoms with E-state index in [4.69, 9.17) is 0 Å². The minimum Gasteiger partial charge on any atom is -0.338 e. The number of carbonyl (C=O) groups excluding carboxylic acids is 2. The third-order valence-corrected chi connectivity index (χ3v) is 6.94. The molecule has 1 aliphatic rings. The lowest BCUT2D eigenvalue weighted by molar-refractivity contribution is -0.143. The number of halogens is 6. The van der Waals surface area contributed by atoms with Crippen LogP contribution in [0.2, 0.25) is 0 Å². The van der Waals surface area contributed by atoms with Crippen LogP contribution in [-0.4, -0.2) is 25.5 Å². The number of hydrogen-bond acceptors (Lipinski definition) is 3. The van der Waals surface area contributed by atoms with Crippen LogP contribution in [0, 0.1) is 0 Å². The number of benzene rings is 3. The number of alkyl halides is 6. The van der Waals surface area contributed by atoms with Gasteiger partial charge in [0.2, 0.25) is 0 Å². The van der Waals surface area contributed by atoms with Crippen molar-refractivity contribution in [2.45, 2.75) is 35.0 Å². The molecule has 0 fully saturated rings. The van der Waals surface area contributed by atoms with Crippen LogP contribution < -0.4 is 15.5 Å². The van der Waals surface area contributed by atoms with Crippen LogP contribution in [0.3, 0.4) is 0 Å². The average molecular weight is 554 g/mol. The van der Waals surface area contributed by atoms with Gasteiger partial charge in [-0.1, -0.05) is 23.9 Å². The average Bonchev–Trinajstić information content (AvgIpc) is 2.95. The number of carbonyl (C=O) groups is 2. The molecular weight excluding hydrogens is 532 g/mol. The first-order valence-electron chi connectivity index (χ1n) is 11.3. The molecule has 0 aliphatic carbocycles. The first-order valence-corrected chi connectivity index (χ1v) is 12.2. The topological polar surface area (TPSA) is 61.4 Å². The highest BCUT2D eigenvalue weighted by Gasteiger charge is 2.36. The maximum Gasteiger partial charge on any atom is 0.416 e. The van der Waals surface area contributed by atoms with Crippen LogP contribution in [-0.2, 0) is 18.8 Å². The summed E-state index contributed by atoms with van der Waals surface area (Å²) in [5.74, 6) is -0.197. The Morgan fingerprint density at radius 3 is 2.21 bits per heavy atom. The molecule has 0 bridgehead atoms. The van der Waals surface area contributed by atoms with Crippen molar-refractivity contribution in [2.75, 3.05) is 23.8 Å². The highest BCUT2D eigenvalue weighted by molar-refractivity contribution is 7.99. The van der Waals surface area contributed by atoms with E-state index in [0.717, 1.165) is 9.79 Å². The van der Waals surface area contributed by atoms with Crippen molar-refractivity contribution in [3.8, 4) is 0 Å². The van der Waals surface area contributed by atoms with Crippen LogP contribution in [0.25, 0.3) is 0 Å². The summed E-state index contributed by atoms with van der Waals surface area (Å²) in [5.41, 5.74) is -1.32. The van der Waals surface area contributed by atoms with E-state index in [1.165, 1.54) is 16.7 Å². The highest BCUT2D eigenvalue weighted by atomic mass is 32.2. The van der Waals surface area contributed by atoms with Gasteiger partial charge in [-0.05, 0) is 66.9 Å². The monoisotopic (exact) mass is 553 g/mol. The molecule has 0 spiro atoms. The number of anilines is 2. The second-order valence-electron chi connectivity index (χ2n) is 8.54. The molecule has 3 amide bonds. The SMILES string of the molecule is CN1C(=O)c2ccccc2Sc2ccc(NC(=O)NCCCc3cc(C(F)(F)F)cc(C(F)(F)F)c3)cc21. The highest BCUT2D eigenvalue weighted by Crippen LogP contribution is 2.42. The van der Waals surface area contributed by atoms with Crippen molar-refractivity contribution in [2.24, 2.45) is 0 Å². The number of nitrogens with one attached hydrogen (secondary N) is 2. The van der Waals surface area contributed by atoms with E-state index in [1.54, 1.807) is 37.4 Å². The Bertz CT molecular complexity index is 1340. The van der Waals surface area contributed by atoms with Crippen LogP contribution in [0.5, 0.6) is 0 Å². The second-order valence-corrected chi connectivity index (χ2v) is 9.63. The molecule has 0 saturated heterocycles. The van der Waals surface area contributed by atoms with Crippen molar-refractivity contribution in [1.82, 2.24) is 5.32 Å². The Morgan fingerprint density at radius 2 is 1.55 bits per heavy atom. The van der Waals surface area contributed by atoms with Crippen LogP contribution in [0.4, 0.5) is 42.5 Å². The lowest BCUT2D eigenvalue weighted by Gasteiger charge is -2.18. The van der Waals surface area contributed by atoms with Crippen molar-refractivity contribution in [1.29, 1.82) is 0 Å². The summed E-state index contributed by atoms with van der Waals surface area (Å²) < 4.78 is 78.1. The quantitative estimate of drug-likeness (QED) is 0.259. The van der Waals surface area contributed by atoms with Gasteiger partial charge in [-0.2, -0.15) is 26.3 Å². The number of nitrogens with zero attached hydrogens (tertiary/aromatic N) is 1. The third-order valence-electron chi connectivity index (χ3n) is 5.80. The molecule has 3 aromatic carbocycles. The van der Waals surface area contributed by atoms with Crippen molar-refractivity contribution >= 4 is 35.1 Å². The van der Waals surface area contributed by atoms with Gasteiger partial charge in [0.05, 0.1) is 22.4 Å². The number of urea groups is 1.